The molecule has 0 radical (unpaired) electrons. The number of para-hydroxylation sites is 2. The second-order valence-corrected chi connectivity index (χ2v) is 6.51. The molecule has 0 saturated carbocycles. The molecule has 0 aliphatic rings. The van der Waals surface area contributed by atoms with E-state index in [9.17, 15) is 14.7 Å². The Morgan fingerprint density at radius 2 is 1.52 bits per heavy atom. The molecular weight excluding hydrogens is 316 g/mol. The Morgan fingerprint density at radius 1 is 1.00 bits per heavy atom. The van der Waals surface area contributed by atoms with E-state index in [2.05, 4.69) is 10.3 Å². The minimum Gasteiger partial charge on any atom is -0.480 e. The number of nitrogens with one attached hydrogen (secondary N) is 1. The van der Waals surface area contributed by atoms with Crippen LogP contribution in [0.4, 0.5) is 0 Å². The van der Waals surface area contributed by atoms with Gasteiger partial charge in [-0.1, -0.05) is 50.2 Å². The zero-order valence-electron chi connectivity index (χ0n) is 14.2. The molecule has 1 amide bonds. The molecule has 5 nitrogen and oxygen atoms in total. The molecule has 3 rings (SSSR count). The summed E-state index contributed by atoms with van der Waals surface area (Å²) in [6.07, 6.45) is 0.377. The summed E-state index contributed by atoms with van der Waals surface area (Å²) in [5.41, 5.74) is 1.89. The van der Waals surface area contributed by atoms with E-state index in [1.54, 1.807) is 0 Å². The van der Waals surface area contributed by atoms with Crippen LogP contribution < -0.4 is 5.32 Å². The molecule has 1 atom stereocenters. The predicted octanol–water partition coefficient (Wildman–Crippen LogP) is 3.62. The number of carboxylic acid groups (broad SMARTS) is 1. The summed E-state index contributed by atoms with van der Waals surface area (Å²) in [6, 6.07) is 13.9. The predicted molar refractivity (Wildman–Crippen MR) is 97.6 cm³/mol. The SMILES string of the molecule is CC(C)C[C@@H](NC(=O)c1c2ccccc2nc2ccccc12)C(=O)O. The summed E-state index contributed by atoms with van der Waals surface area (Å²) < 4.78 is 0. The van der Waals surface area contributed by atoms with Gasteiger partial charge in [-0.3, -0.25) is 4.79 Å². The maximum Gasteiger partial charge on any atom is 0.326 e. The van der Waals surface area contributed by atoms with E-state index in [0.29, 0.717) is 33.8 Å². The molecule has 1 heterocycles. The van der Waals surface area contributed by atoms with Gasteiger partial charge in [0.25, 0.3) is 5.91 Å². The molecule has 3 aromatic rings. The zero-order valence-corrected chi connectivity index (χ0v) is 14.2. The molecule has 0 saturated heterocycles. The molecule has 25 heavy (non-hydrogen) atoms. The summed E-state index contributed by atoms with van der Waals surface area (Å²) in [5, 5.41) is 13.5. The van der Waals surface area contributed by atoms with Crippen molar-refractivity contribution in [2.24, 2.45) is 5.92 Å². The molecule has 2 aromatic carbocycles. The highest BCUT2D eigenvalue weighted by molar-refractivity contribution is 6.16. The Labute approximate surface area is 145 Å². The van der Waals surface area contributed by atoms with E-state index in [4.69, 9.17) is 0 Å². The van der Waals surface area contributed by atoms with Gasteiger partial charge in [0, 0.05) is 10.8 Å². The van der Waals surface area contributed by atoms with Crippen LogP contribution >= 0.6 is 0 Å². The summed E-state index contributed by atoms with van der Waals surface area (Å²) in [7, 11) is 0. The lowest BCUT2D eigenvalue weighted by molar-refractivity contribution is -0.139. The van der Waals surface area contributed by atoms with E-state index in [1.807, 2.05) is 62.4 Å². The van der Waals surface area contributed by atoms with Crippen LogP contribution in [0.2, 0.25) is 0 Å². The van der Waals surface area contributed by atoms with Gasteiger partial charge < -0.3 is 10.4 Å². The zero-order chi connectivity index (χ0) is 18.0. The Kier molecular flexibility index (Phi) is 4.65. The Hall–Kier alpha value is -2.95. The number of carbonyl (C=O) groups excluding carboxylic acids is 1. The minimum absolute atomic E-state index is 0.160. The number of amides is 1. The molecule has 0 spiro atoms. The van der Waals surface area contributed by atoms with Crippen molar-refractivity contribution < 1.29 is 14.7 Å². The fourth-order valence-electron chi connectivity index (χ4n) is 3.01. The number of fused-ring (bicyclic) bond motifs is 2. The number of carbonyl (C=O) groups is 2. The van der Waals surface area contributed by atoms with Gasteiger partial charge in [0.2, 0.25) is 0 Å². The van der Waals surface area contributed by atoms with Gasteiger partial charge >= 0.3 is 5.97 Å². The fraction of sp³-hybridized carbons (Fsp3) is 0.250. The van der Waals surface area contributed by atoms with Crippen LogP contribution in [0.25, 0.3) is 21.8 Å². The lowest BCUT2D eigenvalue weighted by Gasteiger charge is -2.18. The van der Waals surface area contributed by atoms with E-state index >= 15 is 0 Å². The average molecular weight is 336 g/mol. The first-order chi connectivity index (χ1) is 12.0. The minimum atomic E-state index is -1.02. The van der Waals surface area contributed by atoms with Crippen molar-refractivity contribution in [2.45, 2.75) is 26.3 Å². The third kappa shape index (κ3) is 3.45. The van der Waals surface area contributed by atoms with Crippen LogP contribution in [0.3, 0.4) is 0 Å². The number of rotatable bonds is 5. The molecule has 0 aliphatic heterocycles. The van der Waals surface area contributed by atoms with Crippen molar-refractivity contribution in [2.75, 3.05) is 0 Å². The third-order valence-corrected chi connectivity index (χ3v) is 4.13. The second-order valence-electron chi connectivity index (χ2n) is 6.51. The van der Waals surface area contributed by atoms with Crippen molar-refractivity contribution >= 4 is 33.7 Å². The molecule has 128 valence electrons. The van der Waals surface area contributed by atoms with E-state index in [-0.39, 0.29) is 11.8 Å². The summed E-state index contributed by atoms with van der Waals surface area (Å²) in [4.78, 5) is 29.1. The van der Waals surface area contributed by atoms with Gasteiger partial charge in [-0.15, -0.1) is 0 Å². The highest BCUT2D eigenvalue weighted by atomic mass is 16.4. The van der Waals surface area contributed by atoms with Crippen molar-refractivity contribution in [1.82, 2.24) is 10.3 Å². The van der Waals surface area contributed by atoms with Crippen molar-refractivity contribution in [3.05, 3.63) is 54.1 Å². The maximum absolute atomic E-state index is 13.0. The molecule has 0 aliphatic carbocycles. The van der Waals surface area contributed by atoms with E-state index in [0.717, 1.165) is 0 Å². The molecule has 0 unspecified atom stereocenters. The van der Waals surface area contributed by atoms with Crippen LogP contribution in [0.15, 0.2) is 48.5 Å². The molecular formula is C20H20N2O3. The first-order valence-electron chi connectivity index (χ1n) is 8.28. The number of aromatic nitrogens is 1. The molecule has 5 heteroatoms. The fourth-order valence-corrected chi connectivity index (χ4v) is 3.01. The third-order valence-electron chi connectivity index (χ3n) is 4.13. The van der Waals surface area contributed by atoms with E-state index in [1.165, 1.54) is 0 Å². The van der Waals surface area contributed by atoms with Gasteiger partial charge in [-0.2, -0.15) is 0 Å². The molecule has 0 fully saturated rings. The Balaban J connectivity index is 2.11. The number of aliphatic carboxylic acids is 1. The number of nitrogens with zero attached hydrogens (tertiary/aromatic N) is 1. The molecule has 1 aromatic heterocycles. The normalized spacial score (nSPS) is 12.4. The topological polar surface area (TPSA) is 79.3 Å². The number of benzene rings is 2. The second kappa shape index (κ2) is 6.89. The number of hydrogen-bond donors (Lipinski definition) is 2. The standard InChI is InChI=1S/C20H20N2O3/c1-12(2)11-17(20(24)25)22-19(23)18-13-7-3-5-9-15(13)21-16-10-6-4-8-14(16)18/h3-10,12,17H,11H2,1-2H3,(H,22,23)(H,24,25)/t17-/m1/s1. The van der Waals surface area contributed by atoms with Crippen LogP contribution in [0.5, 0.6) is 0 Å². The molecule has 2 N–H and O–H groups in total. The van der Waals surface area contributed by atoms with Crippen LogP contribution in [0.1, 0.15) is 30.6 Å². The maximum atomic E-state index is 13.0. The first-order valence-corrected chi connectivity index (χ1v) is 8.28. The van der Waals surface area contributed by atoms with Crippen molar-refractivity contribution in [1.29, 1.82) is 0 Å². The highest BCUT2D eigenvalue weighted by Crippen LogP contribution is 2.26. The van der Waals surface area contributed by atoms with Gasteiger partial charge in [0.15, 0.2) is 0 Å². The number of pyridine rings is 1. The Bertz CT molecular complexity index is 896. The van der Waals surface area contributed by atoms with Crippen LogP contribution in [-0.4, -0.2) is 28.0 Å². The van der Waals surface area contributed by atoms with Gasteiger partial charge in [0.05, 0.1) is 16.6 Å². The summed E-state index contributed by atoms with van der Waals surface area (Å²) in [6.45, 7) is 3.86. The Morgan fingerprint density at radius 3 is 2.00 bits per heavy atom. The average Bonchev–Trinajstić information content (AvgIpc) is 2.58. The largest absolute Gasteiger partial charge is 0.480 e. The number of carboxylic acids is 1. The summed E-state index contributed by atoms with van der Waals surface area (Å²) in [5.74, 6) is -1.25. The summed E-state index contributed by atoms with van der Waals surface area (Å²) >= 11 is 0. The highest BCUT2D eigenvalue weighted by Gasteiger charge is 2.24. The number of hydrogen-bond acceptors (Lipinski definition) is 3. The lowest BCUT2D eigenvalue weighted by Crippen LogP contribution is -2.41. The van der Waals surface area contributed by atoms with Gasteiger partial charge in [-0.25, -0.2) is 9.78 Å². The monoisotopic (exact) mass is 336 g/mol. The molecule has 0 bridgehead atoms. The smallest absolute Gasteiger partial charge is 0.326 e. The van der Waals surface area contributed by atoms with Crippen molar-refractivity contribution in [3.8, 4) is 0 Å². The van der Waals surface area contributed by atoms with Crippen LogP contribution in [-0.2, 0) is 4.79 Å². The van der Waals surface area contributed by atoms with E-state index < -0.39 is 12.0 Å². The van der Waals surface area contributed by atoms with Gasteiger partial charge in [-0.05, 0) is 24.5 Å². The van der Waals surface area contributed by atoms with Crippen molar-refractivity contribution in [3.63, 3.8) is 0 Å². The van der Waals surface area contributed by atoms with Crippen LogP contribution in [0, 0.1) is 5.92 Å². The quantitative estimate of drug-likeness (QED) is 0.698. The lowest BCUT2D eigenvalue weighted by atomic mass is 10.00. The van der Waals surface area contributed by atoms with Gasteiger partial charge in [0.1, 0.15) is 6.04 Å². The first kappa shape index (κ1) is 16.9.